The number of nitro benzene ring substituents is 2. The van der Waals surface area contributed by atoms with Gasteiger partial charge in [-0.25, -0.2) is 8.42 Å². The van der Waals surface area contributed by atoms with Gasteiger partial charge in [0.25, 0.3) is 0 Å². The molecule has 0 saturated carbocycles. The third-order valence-electron chi connectivity index (χ3n) is 3.03. The van der Waals surface area contributed by atoms with E-state index in [4.69, 9.17) is 0 Å². The molecule has 23 heavy (non-hydrogen) atoms. The lowest BCUT2D eigenvalue weighted by Gasteiger charge is -2.23. The van der Waals surface area contributed by atoms with Crippen LogP contribution in [0.15, 0.2) is 17.0 Å². The van der Waals surface area contributed by atoms with Crippen molar-refractivity contribution in [1.29, 1.82) is 0 Å². The molecule has 0 bridgehead atoms. The van der Waals surface area contributed by atoms with E-state index in [0.717, 1.165) is 18.4 Å². The van der Waals surface area contributed by atoms with Crippen LogP contribution in [0.5, 0.6) is 0 Å². The summed E-state index contributed by atoms with van der Waals surface area (Å²) in [5, 5.41) is 23.1. The minimum absolute atomic E-state index is 0.172. The van der Waals surface area contributed by atoms with Gasteiger partial charge >= 0.3 is 11.4 Å². The molecule has 0 aromatic heterocycles. The van der Waals surface area contributed by atoms with Crippen LogP contribution in [0.25, 0.3) is 0 Å². The summed E-state index contributed by atoms with van der Waals surface area (Å²) in [5.74, 6) is 0. The summed E-state index contributed by atoms with van der Waals surface area (Å²) in [5.41, 5.74) is -1.35. The second-order valence-corrected chi connectivity index (χ2v) is 7.58. The van der Waals surface area contributed by atoms with Gasteiger partial charge in [0.1, 0.15) is 0 Å². The van der Waals surface area contributed by atoms with Crippen LogP contribution in [-0.2, 0) is 9.84 Å². The average molecular weight is 410 g/mol. The minimum Gasteiger partial charge on any atom is -0.360 e. The second kappa shape index (κ2) is 7.68. The van der Waals surface area contributed by atoms with E-state index >= 15 is 0 Å². The summed E-state index contributed by atoms with van der Waals surface area (Å²) in [6, 6.07) is 1.74. The number of nitro groups is 2. The van der Waals surface area contributed by atoms with Crippen LogP contribution in [0.1, 0.15) is 13.3 Å². The Balaban J connectivity index is 3.77. The smallest absolute Gasteiger partial charge is 0.300 e. The number of hydrogen-bond acceptors (Lipinski definition) is 7. The highest BCUT2D eigenvalue weighted by Crippen LogP contribution is 2.40. The summed E-state index contributed by atoms with van der Waals surface area (Å²) in [6.07, 6.45) is 1.47. The zero-order valence-electron chi connectivity index (χ0n) is 12.6. The Morgan fingerprint density at radius 1 is 1.13 bits per heavy atom. The fourth-order valence-electron chi connectivity index (χ4n) is 2.10. The van der Waals surface area contributed by atoms with Crippen molar-refractivity contribution in [1.82, 2.24) is 0 Å². The van der Waals surface area contributed by atoms with Crippen molar-refractivity contribution in [3.63, 3.8) is 0 Å². The third-order valence-corrected chi connectivity index (χ3v) is 4.48. The fourth-order valence-corrected chi connectivity index (χ4v) is 3.18. The van der Waals surface area contributed by atoms with E-state index in [1.54, 1.807) is 0 Å². The quantitative estimate of drug-likeness (QED) is 0.366. The first-order valence-corrected chi connectivity index (χ1v) is 9.62. The summed E-state index contributed by atoms with van der Waals surface area (Å²) in [4.78, 5) is 22.1. The van der Waals surface area contributed by atoms with E-state index in [0.29, 0.717) is 24.8 Å². The van der Waals surface area contributed by atoms with Gasteiger partial charge in [-0.1, -0.05) is 22.9 Å². The number of sulfone groups is 1. The molecule has 1 aromatic rings. The molecular weight excluding hydrogens is 394 g/mol. The molecule has 0 spiro atoms. The summed E-state index contributed by atoms with van der Waals surface area (Å²) >= 11 is 3.21. The van der Waals surface area contributed by atoms with Crippen molar-refractivity contribution in [2.24, 2.45) is 0 Å². The molecular formula is C12H16BrN3O6S. The topological polar surface area (TPSA) is 124 Å². The molecule has 0 N–H and O–H groups in total. The van der Waals surface area contributed by atoms with Crippen molar-refractivity contribution >= 4 is 42.8 Å². The molecule has 11 heteroatoms. The monoisotopic (exact) mass is 409 g/mol. The first-order chi connectivity index (χ1) is 10.6. The standard InChI is InChI=1S/C12H16BrN3O6S/c1-3-5-14(6-4-13)12-10(15(17)18)7-9(23(2,21)22)8-11(12)16(19)20/h7-8H,3-6H2,1-2H3. The Morgan fingerprint density at radius 3 is 1.91 bits per heavy atom. The van der Waals surface area contributed by atoms with E-state index in [2.05, 4.69) is 15.9 Å². The Labute approximate surface area is 141 Å². The van der Waals surface area contributed by atoms with E-state index in [1.807, 2.05) is 6.92 Å². The Bertz CT molecular complexity index is 681. The van der Waals surface area contributed by atoms with Gasteiger partial charge in [0.2, 0.25) is 0 Å². The molecule has 0 amide bonds. The van der Waals surface area contributed by atoms with Gasteiger partial charge in [0, 0.05) is 36.8 Å². The van der Waals surface area contributed by atoms with Crippen molar-refractivity contribution in [2.45, 2.75) is 18.2 Å². The molecule has 0 aliphatic heterocycles. The predicted octanol–water partition coefficient (Wildman–Crippen LogP) is 2.52. The number of benzene rings is 1. The van der Waals surface area contributed by atoms with Crippen molar-refractivity contribution in [2.75, 3.05) is 29.6 Å². The number of nitrogens with zero attached hydrogens (tertiary/aromatic N) is 3. The van der Waals surface area contributed by atoms with Crippen molar-refractivity contribution in [3.05, 3.63) is 32.4 Å². The second-order valence-electron chi connectivity index (χ2n) is 4.77. The highest BCUT2D eigenvalue weighted by Gasteiger charge is 2.32. The molecule has 1 rings (SSSR count). The SMILES string of the molecule is CCCN(CCBr)c1c([N+](=O)[O-])cc(S(C)(=O)=O)cc1[N+](=O)[O-]. The summed E-state index contributed by atoms with van der Waals surface area (Å²) in [6.45, 7) is 2.52. The lowest BCUT2D eigenvalue weighted by molar-refractivity contribution is -0.393. The zero-order valence-corrected chi connectivity index (χ0v) is 15.0. The molecule has 0 fully saturated rings. The van der Waals surface area contributed by atoms with E-state index in [9.17, 15) is 28.6 Å². The lowest BCUT2D eigenvalue weighted by atomic mass is 10.2. The van der Waals surface area contributed by atoms with Gasteiger partial charge in [0.15, 0.2) is 15.5 Å². The molecule has 9 nitrogen and oxygen atoms in total. The minimum atomic E-state index is -3.82. The Morgan fingerprint density at radius 2 is 1.61 bits per heavy atom. The van der Waals surface area contributed by atoms with Gasteiger partial charge in [0.05, 0.1) is 14.7 Å². The van der Waals surface area contributed by atoms with Crippen molar-refractivity contribution in [3.8, 4) is 0 Å². The zero-order chi connectivity index (χ0) is 17.8. The van der Waals surface area contributed by atoms with E-state index < -0.39 is 36.0 Å². The molecule has 0 heterocycles. The van der Waals surface area contributed by atoms with E-state index in [-0.39, 0.29) is 5.69 Å². The summed E-state index contributed by atoms with van der Waals surface area (Å²) in [7, 11) is -3.82. The summed E-state index contributed by atoms with van der Waals surface area (Å²) < 4.78 is 23.3. The lowest BCUT2D eigenvalue weighted by Crippen LogP contribution is -2.28. The molecule has 1 aromatic carbocycles. The number of hydrogen-bond donors (Lipinski definition) is 0. The van der Waals surface area contributed by atoms with Gasteiger partial charge in [-0.2, -0.15) is 0 Å². The van der Waals surface area contributed by atoms with Crippen LogP contribution in [0.2, 0.25) is 0 Å². The molecule has 0 saturated heterocycles. The van der Waals surface area contributed by atoms with Crippen molar-refractivity contribution < 1.29 is 18.3 Å². The first-order valence-electron chi connectivity index (χ1n) is 6.61. The maximum Gasteiger partial charge on any atom is 0.300 e. The molecule has 0 aliphatic rings. The highest BCUT2D eigenvalue weighted by molar-refractivity contribution is 9.09. The predicted molar refractivity (Wildman–Crippen MR) is 89.2 cm³/mol. The number of anilines is 1. The molecule has 0 radical (unpaired) electrons. The largest absolute Gasteiger partial charge is 0.360 e. The average Bonchev–Trinajstić information content (AvgIpc) is 2.44. The maximum atomic E-state index is 11.6. The van der Waals surface area contributed by atoms with Gasteiger partial charge in [-0.3, -0.25) is 20.2 Å². The normalized spacial score (nSPS) is 11.3. The van der Waals surface area contributed by atoms with E-state index in [1.165, 1.54) is 4.90 Å². The van der Waals surface area contributed by atoms with Crippen LogP contribution in [0.4, 0.5) is 17.1 Å². The van der Waals surface area contributed by atoms with Crippen LogP contribution < -0.4 is 4.90 Å². The Kier molecular flexibility index (Phi) is 6.45. The molecule has 0 atom stereocenters. The van der Waals surface area contributed by atoms with Gasteiger partial charge < -0.3 is 4.90 Å². The number of rotatable bonds is 8. The van der Waals surface area contributed by atoms with Gasteiger partial charge in [-0.05, 0) is 6.42 Å². The first kappa shape index (κ1) is 19.3. The van der Waals surface area contributed by atoms with Crippen LogP contribution in [0, 0.1) is 20.2 Å². The number of halogens is 1. The fraction of sp³-hybridized carbons (Fsp3) is 0.500. The Hall–Kier alpha value is -1.75. The molecule has 128 valence electrons. The van der Waals surface area contributed by atoms with Crippen LogP contribution in [-0.4, -0.2) is 42.9 Å². The van der Waals surface area contributed by atoms with Crippen LogP contribution >= 0.6 is 15.9 Å². The maximum absolute atomic E-state index is 11.6. The number of alkyl halides is 1. The molecule has 0 aliphatic carbocycles. The third kappa shape index (κ3) is 4.61. The van der Waals surface area contributed by atoms with Gasteiger partial charge in [-0.15, -0.1) is 0 Å². The highest BCUT2D eigenvalue weighted by atomic mass is 79.9. The van der Waals surface area contributed by atoms with Crippen LogP contribution in [0.3, 0.4) is 0 Å². The molecule has 0 unspecified atom stereocenters.